The van der Waals surface area contributed by atoms with Crippen LogP contribution in [0.1, 0.15) is 11.1 Å². The number of piperazine rings is 1. The Kier molecular flexibility index (Phi) is 5.31. The molecule has 134 valence electrons. The molecule has 2 aromatic carbocycles. The lowest BCUT2D eigenvalue weighted by atomic mass is 10.1. The highest BCUT2D eigenvalue weighted by Gasteiger charge is 2.20. The van der Waals surface area contributed by atoms with Crippen LogP contribution in [0.4, 0.5) is 11.4 Å². The summed E-state index contributed by atoms with van der Waals surface area (Å²) in [5, 5.41) is 10.7. The molecule has 1 amide bonds. The number of nitro groups is 1. The number of nitro benzene ring substituents is 1. The number of rotatable bonds is 4. The molecule has 3 rings (SSSR count). The van der Waals surface area contributed by atoms with Gasteiger partial charge in [0.2, 0.25) is 5.91 Å². The standard InChI is InChI=1S/C20H21N3O3/c1-16-2-4-17(5-3-16)6-11-20(24)22-14-12-21(13-15-22)18-7-9-19(10-8-18)23(25)26/h2-11H,12-15H2,1H3. The summed E-state index contributed by atoms with van der Waals surface area (Å²) in [6, 6.07) is 14.6. The molecule has 2 aromatic rings. The third-order valence-electron chi connectivity index (χ3n) is 4.51. The van der Waals surface area contributed by atoms with Crippen molar-refractivity contribution in [1.29, 1.82) is 0 Å². The van der Waals surface area contributed by atoms with Crippen LogP contribution in [0.3, 0.4) is 0 Å². The lowest BCUT2D eigenvalue weighted by Crippen LogP contribution is -2.48. The van der Waals surface area contributed by atoms with Gasteiger partial charge in [-0.15, -0.1) is 0 Å². The molecular formula is C20H21N3O3. The van der Waals surface area contributed by atoms with E-state index in [1.807, 2.05) is 42.2 Å². The molecule has 1 saturated heterocycles. The first kappa shape index (κ1) is 17.7. The molecule has 6 heteroatoms. The molecule has 0 saturated carbocycles. The van der Waals surface area contributed by atoms with E-state index in [0.29, 0.717) is 26.2 Å². The Labute approximate surface area is 152 Å². The van der Waals surface area contributed by atoms with Gasteiger partial charge in [-0.05, 0) is 30.7 Å². The monoisotopic (exact) mass is 351 g/mol. The van der Waals surface area contributed by atoms with Gasteiger partial charge in [-0.25, -0.2) is 0 Å². The molecule has 0 aliphatic carbocycles. The fraction of sp³-hybridized carbons (Fsp3) is 0.250. The van der Waals surface area contributed by atoms with Crippen molar-refractivity contribution in [2.75, 3.05) is 31.1 Å². The van der Waals surface area contributed by atoms with E-state index in [-0.39, 0.29) is 11.6 Å². The number of hydrogen-bond acceptors (Lipinski definition) is 4. The maximum Gasteiger partial charge on any atom is 0.269 e. The first-order chi connectivity index (χ1) is 12.5. The number of nitrogens with zero attached hydrogens (tertiary/aromatic N) is 3. The average molecular weight is 351 g/mol. The summed E-state index contributed by atoms with van der Waals surface area (Å²) in [6.45, 7) is 4.72. The predicted octanol–water partition coefficient (Wildman–Crippen LogP) is 3.27. The molecule has 1 aliphatic heterocycles. The molecule has 0 radical (unpaired) electrons. The van der Waals surface area contributed by atoms with Crippen molar-refractivity contribution < 1.29 is 9.72 Å². The molecule has 0 bridgehead atoms. The number of amides is 1. The Hall–Kier alpha value is -3.15. The normalized spacial score (nSPS) is 14.7. The van der Waals surface area contributed by atoms with Gasteiger partial charge in [-0.3, -0.25) is 14.9 Å². The Morgan fingerprint density at radius 1 is 1.00 bits per heavy atom. The van der Waals surface area contributed by atoms with Gasteiger partial charge in [0.05, 0.1) is 4.92 Å². The molecule has 0 spiro atoms. The van der Waals surface area contributed by atoms with E-state index in [2.05, 4.69) is 4.90 Å². The van der Waals surface area contributed by atoms with Gasteiger partial charge < -0.3 is 9.80 Å². The van der Waals surface area contributed by atoms with E-state index in [9.17, 15) is 14.9 Å². The Morgan fingerprint density at radius 3 is 2.19 bits per heavy atom. The SMILES string of the molecule is Cc1ccc(C=CC(=O)N2CCN(c3ccc([N+](=O)[O-])cc3)CC2)cc1. The van der Waals surface area contributed by atoms with Crippen molar-refractivity contribution in [3.05, 3.63) is 75.8 Å². The molecule has 0 aromatic heterocycles. The Balaban J connectivity index is 1.55. The number of hydrogen-bond donors (Lipinski definition) is 0. The van der Waals surface area contributed by atoms with Crippen molar-refractivity contribution in [3.63, 3.8) is 0 Å². The topological polar surface area (TPSA) is 66.7 Å². The van der Waals surface area contributed by atoms with E-state index in [0.717, 1.165) is 11.3 Å². The van der Waals surface area contributed by atoms with Gasteiger partial charge in [-0.2, -0.15) is 0 Å². The van der Waals surface area contributed by atoms with Crippen LogP contribution in [0.25, 0.3) is 6.08 Å². The maximum atomic E-state index is 12.3. The zero-order valence-electron chi connectivity index (χ0n) is 14.7. The molecule has 26 heavy (non-hydrogen) atoms. The summed E-state index contributed by atoms with van der Waals surface area (Å²) in [4.78, 5) is 26.6. The van der Waals surface area contributed by atoms with Crippen molar-refractivity contribution >= 4 is 23.4 Å². The lowest BCUT2D eigenvalue weighted by Gasteiger charge is -2.35. The van der Waals surface area contributed by atoms with Gasteiger partial charge in [0.1, 0.15) is 0 Å². The number of carbonyl (C=O) groups excluding carboxylic acids is 1. The van der Waals surface area contributed by atoms with Crippen LogP contribution in [0.2, 0.25) is 0 Å². The minimum atomic E-state index is -0.402. The van der Waals surface area contributed by atoms with Gasteiger partial charge >= 0.3 is 0 Å². The molecule has 0 unspecified atom stereocenters. The molecule has 1 fully saturated rings. The van der Waals surface area contributed by atoms with Crippen molar-refractivity contribution in [2.24, 2.45) is 0 Å². The number of anilines is 1. The lowest BCUT2D eigenvalue weighted by molar-refractivity contribution is -0.384. The van der Waals surface area contributed by atoms with E-state index < -0.39 is 4.92 Å². The van der Waals surface area contributed by atoms with Gasteiger partial charge in [0.25, 0.3) is 5.69 Å². The molecule has 0 N–H and O–H groups in total. The highest BCUT2D eigenvalue weighted by atomic mass is 16.6. The van der Waals surface area contributed by atoms with E-state index in [4.69, 9.17) is 0 Å². The van der Waals surface area contributed by atoms with Crippen LogP contribution < -0.4 is 4.90 Å². The fourth-order valence-electron chi connectivity index (χ4n) is 2.92. The summed E-state index contributed by atoms with van der Waals surface area (Å²) in [7, 11) is 0. The first-order valence-electron chi connectivity index (χ1n) is 8.56. The highest BCUT2D eigenvalue weighted by Crippen LogP contribution is 2.20. The molecule has 1 aliphatic rings. The quantitative estimate of drug-likeness (QED) is 0.482. The summed E-state index contributed by atoms with van der Waals surface area (Å²) in [5.74, 6) is 0.00826. The summed E-state index contributed by atoms with van der Waals surface area (Å²) >= 11 is 0. The zero-order chi connectivity index (χ0) is 18.5. The number of benzene rings is 2. The van der Waals surface area contributed by atoms with Crippen molar-refractivity contribution in [3.8, 4) is 0 Å². The third-order valence-corrected chi connectivity index (χ3v) is 4.51. The van der Waals surface area contributed by atoms with Crippen LogP contribution in [0.5, 0.6) is 0 Å². The molecule has 0 atom stereocenters. The second-order valence-electron chi connectivity index (χ2n) is 6.33. The molecule has 6 nitrogen and oxygen atoms in total. The van der Waals surface area contributed by atoms with E-state index in [1.54, 1.807) is 18.2 Å². The van der Waals surface area contributed by atoms with E-state index >= 15 is 0 Å². The molecular weight excluding hydrogens is 330 g/mol. The van der Waals surface area contributed by atoms with Crippen LogP contribution in [0.15, 0.2) is 54.6 Å². The maximum absolute atomic E-state index is 12.3. The number of aryl methyl sites for hydroxylation is 1. The summed E-state index contributed by atoms with van der Waals surface area (Å²) in [5.41, 5.74) is 3.23. The number of non-ortho nitro benzene ring substituents is 1. The first-order valence-corrected chi connectivity index (χ1v) is 8.56. The second-order valence-corrected chi connectivity index (χ2v) is 6.33. The van der Waals surface area contributed by atoms with Crippen molar-refractivity contribution in [1.82, 2.24) is 4.90 Å². The van der Waals surface area contributed by atoms with E-state index in [1.165, 1.54) is 17.7 Å². The van der Waals surface area contributed by atoms with Crippen molar-refractivity contribution in [2.45, 2.75) is 6.92 Å². The van der Waals surface area contributed by atoms with Crippen LogP contribution >= 0.6 is 0 Å². The minimum Gasteiger partial charge on any atom is -0.368 e. The Bertz CT molecular complexity index is 805. The largest absolute Gasteiger partial charge is 0.368 e. The van der Waals surface area contributed by atoms with Crippen LogP contribution in [-0.2, 0) is 4.79 Å². The van der Waals surface area contributed by atoms with Gasteiger partial charge in [0, 0.05) is 50.1 Å². The van der Waals surface area contributed by atoms with Crippen LogP contribution in [0, 0.1) is 17.0 Å². The minimum absolute atomic E-state index is 0.00826. The Morgan fingerprint density at radius 2 is 1.62 bits per heavy atom. The number of carbonyl (C=O) groups is 1. The fourth-order valence-corrected chi connectivity index (χ4v) is 2.92. The van der Waals surface area contributed by atoms with Gasteiger partial charge in [0.15, 0.2) is 0 Å². The summed E-state index contributed by atoms with van der Waals surface area (Å²) < 4.78 is 0. The highest BCUT2D eigenvalue weighted by molar-refractivity contribution is 5.92. The zero-order valence-corrected chi connectivity index (χ0v) is 14.7. The smallest absolute Gasteiger partial charge is 0.269 e. The predicted molar refractivity (Wildman–Crippen MR) is 102 cm³/mol. The van der Waals surface area contributed by atoms with Gasteiger partial charge in [-0.1, -0.05) is 29.8 Å². The summed E-state index contributed by atoms with van der Waals surface area (Å²) in [6.07, 6.45) is 3.46. The third kappa shape index (κ3) is 4.27. The van der Waals surface area contributed by atoms with Crippen LogP contribution in [-0.4, -0.2) is 41.9 Å². The second kappa shape index (κ2) is 7.82. The average Bonchev–Trinajstić information content (AvgIpc) is 2.67. The molecule has 1 heterocycles.